The summed E-state index contributed by atoms with van der Waals surface area (Å²) in [6.45, 7) is 11.6. The average Bonchev–Trinajstić information content (AvgIpc) is 3.15. The van der Waals surface area contributed by atoms with Gasteiger partial charge in [-0.25, -0.2) is 14.4 Å². The fourth-order valence-electron chi connectivity index (χ4n) is 7.02. The molecule has 0 spiro atoms. The summed E-state index contributed by atoms with van der Waals surface area (Å²) in [6, 6.07) is 21.2. The lowest BCUT2D eigenvalue weighted by Gasteiger charge is -2.38. The quantitative estimate of drug-likeness (QED) is 0.113. The Morgan fingerprint density at radius 3 is 1.60 bits per heavy atom. The molecule has 0 atom stereocenters. The van der Waals surface area contributed by atoms with E-state index in [1.807, 2.05) is 48.5 Å². The second kappa shape index (κ2) is 16.7. The van der Waals surface area contributed by atoms with Crippen LogP contribution in [0.15, 0.2) is 103 Å². The van der Waals surface area contributed by atoms with E-state index in [9.17, 15) is 19.5 Å². The lowest BCUT2D eigenvalue weighted by Crippen LogP contribution is -2.29. The predicted octanol–water partition coefficient (Wildman–Crippen LogP) is 7.88. The van der Waals surface area contributed by atoms with Gasteiger partial charge in [-0.1, -0.05) is 62.2 Å². The van der Waals surface area contributed by atoms with Gasteiger partial charge in [0.1, 0.15) is 17.6 Å². The van der Waals surface area contributed by atoms with Gasteiger partial charge in [-0.2, -0.15) is 0 Å². The third-order valence-electron chi connectivity index (χ3n) is 10.0. The van der Waals surface area contributed by atoms with E-state index in [0.717, 1.165) is 79.2 Å². The van der Waals surface area contributed by atoms with Crippen LogP contribution in [0.25, 0.3) is 22.3 Å². The van der Waals surface area contributed by atoms with Crippen molar-refractivity contribution in [2.24, 2.45) is 11.8 Å². The highest BCUT2D eigenvalue weighted by Crippen LogP contribution is 2.46. The molecule has 2 aliphatic carbocycles. The summed E-state index contributed by atoms with van der Waals surface area (Å²) in [7, 11) is 0. The van der Waals surface area contributed by atoms with E-state index in [-0.39, 0.29) is 29.1 Å². The van der Waals surface area contributed by atoms with Crippen LogP contribution in [0.4, 0.5) is 0 Å². The smallest absolute Gasteiger partial charge is 0.341 e. The Bertz CT molecular complexity index is 1720. The molecule has 0 unspecified atom stereocenters. The molecule has 8 nitrogen and oxygen atoms in total. The van der Waals surface area contributed by atoms with Gasteiger partial charge >= 0.3 is 17.9 Å². The standard InChI is InChI=1S/C42H46O8/c1-26(2)40(45)48-36-18-13-32(14-19-36)30-9-11-34(12-10-30)38-23-35(17-22-39(38)50-42(47)28(4)25-44)33-7-5-29(6-8-33)31-15-20-37(21-16-31)49-41(46)27(3)24-43/h5-8,15-17,20-23,30,32,34,36,43-44H,1,3-4,9-14,18-19,24-25H2,2H3. The molecule has 2 aliphatic rings. The Kier molecular flexibility index (Phi) is 12.2. The summed E-state index contributed by atoms with van der Waals surface area (Å²) in [4.78, 5) is 36.5. The van der Waals surface area contributed by atoms with Gasteiger partial charge in [0.25, 0.3) is 0 Å². The van der Waals surface area contributed by atoms with Crippen LogP contribution < -0.4 is 9.47 Å². The summed E-state index contributed by atoms with van der Waals surface area (Å²) in [5, 5.41) is 18.5. The van der Waals surface area contributed by atoms with Crippen molar-refractivity contribution in [3.63, 3.8) is 0 Å². The van der Waals surface area contributed by atoms with Crippen LogP contribution in [0.1, 0.15) is 69.8 Å². The maximum atomic E-state index is 12.7. The topological polar surface area (TPSA) is 119 Å². The van der Waals surface area contributed by atoms with Crippen molar-refractivity contribution in [3.8, 4) is 33.8 Å². The van der Waals surface area contributed by atoms with Gasteiger partial charge in [0.15, 0.2) is 0 Å². The zero-order valence-corrected chi connectivity index (χ0v) is 28.7. The van der Waals surface area contributed by atoms with E-state index in [1.165, 1.54) is 0 Å². The van der Waals surface area contributed by atoms with Gasteiger partial charge < -0.3 is 24.4 Å². The minimum Gasteiger partial charge on any atom is -0.459 e. The molecule has 0 saturated heterocycles. The Labute approximate surface area is 294 Å². The van der Waals surface area contributed by atoms with E-state index in [4.69, 9.17) is 19.3 Å². The normalized spacial score (nSPS) is 20.3. The maximum absolute atomic E-state index is 12.7. The van der Waals surface area contributed by atoms with Crippen molar-refractivity contribution in [1.82, 2.24) is 0 Å². The summed E-state index contributed by atoms with van der Waals surface area (Å²) in [5.41, 5.74) is 5.36. The highest BCUT2D eigenvalue weighted by Gasteiger charge is 2.33. The third kappa shape index (κ3) is 9.05. The predicted molar refractivity (Wildman–Crippen MR) is 192 cm³/mol. The molecule has 2 fully saturated rings. The van der Waals surface area contributed by atoms with Crippen LogP contribution in [-0.4, -0.2) is 47.4 Å². The van der Waals surface area contributed by atoms with Gasteiger partial charge in [-0.3, -0.25) is 0 Å². The Balaban J connectivity index is 1.28. The molecule has 50 heavy (non-hydrogen) atoms. The Morgan fingerprint density at radius 2 is 1.08 bits per heavy atom. The molecular weight excluding hydrogens is 632 g/mol. The average molecular weight is 679 g/mol. The SMILES string of the molecule is C=C(C)C(=O)OC1CCC(C2CCC(c3cc(-c4ccc(-c5ccc(OC(=O)C(=C)CO)cc5)cc4)ccc3OC(=O)C(=C)CO)CC2)CC1. The van der Waals surface area contributed by atoms with Gasteiger partial charge in [0, 0.05) is 5.57 Å². The van der Waals surface area contributed by atoms with Crippen molar-refractivity contribution >= 4 is 17.9 Å². The number of benzene rings is 3. The number of ether oxygens (including phenoxy) is 3. The van der Waals surface area contributed by atoms with Gasteiger partial charge in [-0.15, -0.1) is 0 Å². The van der Waals surface area contributed by atoms with E-state index in [0.29, 0.717) is 28.9 Å². The van der Waals surface area contributed by atoms with E-state index in [1.54, 1.807) is 19.1 Å². The van der Waals surface area contributed by atoms with Crippen molar-refractivity contribution in [3.05, 3.63) is 109 Å². The monoisotopic (exact) mass is 678 g/mol. The highest BCUT2D eigenvalue weighted by molar-refractivity contribution is 5.90. The molecule has 0 bridgehead atoms. The van der Waals surface area contributed by atoms with Crippen LogP contribution >= 0.6 is 0 Å². The molecule has 0 heterocycles. The molecule has 262 valence electrons. The molecule has 0 aromatic heterocycles. The highest BCUT2D eigenvalue weighted by atomic mass is 16.5. The minimum absolute atomic E-state index is 0.00525. The van der Waals surface area contributed by atoms with Gasteiger partial charge in [0.05, 0.1) is 24.4 Å². The van der Waals surface area contributed by atoms with Gasteiger partial charge in [0.2, 0.25) is 0 Å². The first-order chi connectivity index (χ1) is 24.1. The fraction of sp³-hybridized carbons (Fsp3) is 0.357. The van der Waals surface area contributed by atoms with Crippen molar-refractivity contribution < 1.29 is 38.8 Å². The molecule has 3 aromatic rings. The second-order valence-electron chi connectivity index (χ2n) is 13.5. The second-order valence-corrected chi connectivity index (χ2v) is 13.5. The first-order valence-corrected chi connectivity index (χ1v) is 17.3. The maximum Gasteiger partial charge on any atom is 0.341 e. The molecule has 2 saturated carbocycles. The molecule has 0 radical (unpaired) electrons. The third-order valence-corrected chi connectivity index (χ3v) is 10.0. The Morgan fingerprint density at radius 1 is 0.620 bits per heavy atom. The number of hydrogen-bond donors (Lipinski definition) is 2. The first-order valence-electron chi connectivity index (χ1n) is 17.3. The number of carbonyl (C=O) groups is 3. The van der Waals surface area contributed by atoms with Gasteiger partial charge in [-0.05, 0) is 128 Å². The molecule has 2 N–H and O–H groups in total. The molecule has 0 aliphatic heterocycles. The molecule has 3 aromatic carbocycles. The molecular formula is C42H46O8. The summed E-state index contributed by atoms with van der Waals surface area (Å²) >= 11 is 0. The fourth-order valence-corrected chi connectivity index (χ4v) is 7.02. The molecule has 5 rings (SSSR count). The van der Waals surface area contributed by atoms with Crippen LogP contribution in [-0.2, 0) is 19.1 Å². The Hall–Kier alpha value is -4.79. The van der Waals surface area contributed by atoms with Crippen LogP contribution in [0.2, 0.25) is 0 Å². The minimum atomic E-state index is -0.668. The van der Waals surface area contributed by atoms with E-state index >= 15 is 0 Å². The number of aliphatic hydroxyl groups excluding tert-OH is 2. The number of esters is 3. The number of carbonyl (C=O) groups excluding carboxylic acids is 3. The zero-order valence-electron chi connectivity index (χ0n) is 28.7. The van der Waals surface area contributed by atoms with E-state index in [2.05, 4.69) is 25.8 Å². The lowest BCUT2D eigenvalue weighted by atomic mass is 9.69. The zero-order chi connectivity index (χ0) is 35.8. The van der Waals surface area contributed by atoms with Crippen molar-refractivity contribution in [2.45, 2.75) is 70.3 Å². The van der Waals surface area contributed by atoms with Crippen molar-refractivity contribution in [2.75, 3.05) is 13.2 Å². The summed E-state index contributed by atoms with van der Waals surface area (Å²) in [5.74, 6) is 0.696. The largest absolute Gasteiger partial charge is 0.459 e. The van der Waals surface area contributed by atoms with Crippen LogP contribution in [0.5, 0.6) is 11.5 Å². The molecule has 8 heteroatoms. The lowest BCUT2D eigenvalue weighted by molar-refractivity contribution is -0.146. The first kappa shape index (κ1) is 36.5. The van der Waals surface area contributed by atoms with Crippen molar-refractivity contribution in [1.29, 1.82) is 0 Å². The number of hydrogen-bond acceptors (Lipinski definition) is 8. The summed E-state index contributed by atoms with van der Waals surface area (Å²) < 4.78 is 16.6. The van der Waals surface area contributed by atoms with Crippen LogP contribution in [0, 0.1) is 11.8 Å². The molecule has 0 amide bonds. The summed E-state index contributed by atoms with van der Waals surface area (Å²) in [6.07, 6.45) is 7.98. The van der Waals surface area contributed by atoms with Crippen LogP contribution in [0.3, 0.4) is 0 Å². The van der Waals surface area contributed by atoms with E-state index < -0.39 is 25.2 Å². The number of aliphatic hydroxyl groups is 2. The number of rotatable bonds is 12.